The summed E-state index contributed by atoms with van der Waals surface area (Å²) in [6, 6.07) is 3.33. The molecular formula is C7H2ClN3O4S. The Balaban J connectivity index is 3.57. The Bertz CT molecular complexity index is 513. The van der Waals surface area contributed by atoms with Crippen molar-refractivity contribution < 1.29 is 9.85 Å². The van der Waals surface area contributed by atoms with Crippen molar-refractivity contribution in [1.29, 1.82) is 5.26 Å². The van der Waals surface area contributed by atoms with Crippen LogP contribution in [0.1, 0.15) is 5.56 Å². The van der Waals surface area contributed by atoms with E-state index in [4.69, 9.17) is 15.9 Å². The smallest absolute Gasteiger partial charge is 0.258 e. The number of nitrogens with zero attached hydrogens (tertiary/aromatic N) is 3. The lowest BCUT2D eigenvalue weighted by atomic mass is 10.2. The van der Waals surface area contributed by atoms with E-state index in [0.717, 1.165) is 12.1 Å². The van der Waals surface area contributed by atoms with Crippen molar-refractivity contribution >= 4 is 33.0 Å². The van der Waals surface area contributed by atoms with Gasteiger partial charge in [-0.15, -0.1) is 0 Å². The predicted octanol–water partition coefficient (Wildman–Crippen LogP) is 2.62. The Labute approximate surface area is 97.4 Å². The van der Waals surface area contributed by atoms with E-state index in [-0.39, 0.29) is 10.5 Å². The fourth-order valence-electron chi connectivity index (χ4n) is 1.00. The number of hydrogen-bond donors (Lipinski definition) is 0. The summed E-state index contributed by atoms with van der Waals surface area (Å²) in [4.78, 5) is 19.4. The van der Waals surface area contributed by atoms with Gasteiger partial charge < -0.3 is 0 Å². The average molecular weight is 260 g/mol. The summed E-state index contributed by atoms with van der Waals surface area (Å²) in [5.41, 5.74) is -1.26. The van der Waals surface area contributed by atoms with Crippen LogP contribution in [0.5, 0.6) is 0 Å². The molecule has 0 atom stereocenters. The van der Waals surface area contributed by atoms with Gasteiger partial charge in [-0.3, -0.25) is 20.2 Å². The van der Waals surface area contributed by atoms with Crippen molar-refractivity contribution in [2.45, 2.75) is 4.90 Å². The van der Waals surface area contributed by atoms with Gasteiger partial charge in [0.25, 0.3) is 11.4 Å². The van der Waals surface area contributed by atoms with E-state index in [0.29, 0.717) is 11.0 Å². The van der Waals surface area contributed by atoms with Crippen LogP contribution in [0.3, 0.4) is 0 Å². The van der Waals surface area contributed by atoms with Crippen LogP contribution in [0.25, 0.3) is 0 Å². The SMILES string of the molecule is N#Cc1cc([N+](=O)[O-])cc([N+](=O)[O-])c1SCl. The van der Waals surface area contributed by atoms with Gasteiger partial charge in [-0.1, -0.05) is 0 Å². The quantitative estimate of drug-likeness (QED) is 0.609. The first-order valence-electron chi connectivity index (χ1n) is 3.66. The zero-order chi connectivity index (χ0) is 12.3. The van der Waals surface area contributed by atoms with Crippen LogP contribution in [0.15, 0.2) is 17.0 Å². The molecule has 0 bridgehead atoms. The van der Waals surface area contributed by atoms with Crippen LogP contribution in [-0.4, -0.2) is 9.85 Å². The number of nitro benzene ring substituents is 2. The summed E-state index contributed by atoms with van der Waals surface area (Å²) in [7, 11) is 5.86. The molecule has 0 radical (unpaired) electrons. The molecule has 0 aliphatic heterocycles. The van der Waals surface area contributed by atoms with Crippen molar-refractivity contribution in [2.75, 3.05) is 0 Å². The van der Waals surface area contributed by atoms with E-state index in [1.165, 1.54) is 0 Å². The fourth-order valence-corrected chi connectivity index (χ4v) is 1.89. The van der Waals surface area contributed by atoms with Gasteiger partial charge in [-0.2, -0.15) is 5.26 Å². The highest BCUT2D eigenvalue weighted by molar-refractivity contribution is 8.21. The van der Waals surface area contributed by atoms with Gasteiger partial charge in [-0.05, 0) is 21.7 Å². The third kappa shape index (κ3) is 2.21. The Morgan fingerprint density at radius 2 is 1.94 bits per heavy atom. The minimum Gasteiger partial charge on any atom is -0.258 e. The molecule has 0 saturated carbocycles. The van der Waals surface area contributed by atoms with Gasteiger partial charge in [0.1, 0.15) is 11.0 Å². The maximum absolute atomic E-state index is 10.6. The topological polar surface area (TPSA) is 110 Å². The van der Waals surface area contributed by atoms with Crippen molar-refractivity contribution in [3.05, 3.63) is 37.9 Å². The third-order valence-corrected chi connectivity index (χ3v) is 2.71. The van der Waals surface area contributed by atoms with Crippen molar-refractivity contribution in [3.8, 4) is 6.07 Å². The number of nitro groups is 2. The standard InChI is InChI=1S/C7H2ClN3O4S/c8-16-7-4(3-9)1-5(10(12)13)2-6(7)11(14)15/h1-2H. The van der Waals surface area contributed by atoms with Crippen molar-refractivity contribution in [1.82, 2.24) is 0 Å². The second kappa shape index (κ2) is 4.78. The molecule has 0 spiro atoms. The lowest BCUT2D eigenvalue weighted by molar-refractivity contribution is -0.396. The number of rotatable bonds is 3. The Morgan fingerprint density at radius 3 is 2.31 bits per heavy atom. The molecule has 0 heterocycles. The van der Waals surface area contributed by atoms with Crippen molar-refractivity contribution in [3.63, 3.8) is 0 Å². The van der Waals surface area contributed by atoms with Crippen LogP contribution in [0, 0.1) is 31.6 Å². The molecule has 0 amide bonds. The molecule has 0 aliphatic carbocycles. The number of nitriles is 1. The van der Waals surface area contributed by atoms with Gasteiger partial charge in [0.2, 0.25) is 0 Å². The highest BCUT2D eigenvalue weighted by Gasteiger charge is 2.24. The Hall–Kier alpha value is -1.85. The molecule has 7 nitrogen and oxygen atoms in total. The molecule has 0 saturated heterocycles. The lowest BCUT2D eigenvalue weighted by Crippen LogP contribution is -1.96. The van der Waals surface area contributed by atoms with Gasteiger partial charge >= 0.3 is 0 Å². The van der Waals surface area contributed by atoms with Gasteiger partial charge in [0.05, 0.1) is 21.5 Å². The highest BCUT2D eigenvalue weighted by atomic mass is 35.7. The molecule has 82 valence electrons. The predicted molar refractivity (Wildman–Crippen MR) is 56.2 cm³/mol. The minimum atomic E-state index is -0.821. The number of halogens is 1. The Kier molecular flexibility index (Phi) is 3.65. The highest BCUT2D eigenvalue weighted by Crippen LogP contribution is 2.37. The maximum Gasteiger partial charge on any atom is 0.292 e. The molecule has 9 heteroatoms. The van der Waals surface area contributed by atoms with Crippen molar-refractivity contribution in [2.24, 2.45) is 0 Å². The molecular weight excluding hydrogens is 258 g/mol. The average Bonchev–Trinajstić information content (AvgIpc) is 2.26. The summed E-state index contributed by atoms with van der Waals surface area (Å²) in [6.07, 6.45) is 0. The summed E-state index contributed by atoms with van der Waals surface area (Å²) in [5.74, 6) is 0. The largest absolute Gasteiger partial charge is 0.292 e. The first kappa shape index (κ1) is 12.2. The second-order valence-electron chi connectivity index (χ2n) is 2.54. The van der Waals surface area contributed by atoms with Crippen LogP contribution < -0.4 is 0 Å². The molecule has 0 unspecified atom stereocenters. The normalized spacial score (nSPS) is 9.50. The number of non-ortho nitro benzene ring substituents is 1. The summed E-state index contributed by atoms with van der Waals surface area (Å²) in [6.45, 7) is 0. The van der Waals surface area contributed by atoms with E-state index in [1.54, 1.807) is 6.07 Å². The molecule has 1 rings (SSSR count). The number of hydrogen-bond acceptors (Lipinski definition) is 6. The molecule has 0 aromatic heterocycles. The van der Waals surface area contributed by atoms with E-state index >= 15 is 0 Å². The van der Waals surface area contributed by atoms with E-state index in [2.05, 4.69) is 0 Å². The van der Waals surface area contributed by atoms with Crippen LogP contribution in [0.4, 0.5) is 11.4 Å². The van der Waals surface area contributed by atoms with E-state index in [1.807, 2.05) is 0 Å². The zero-order valence-electron chi connectivity index (χ0n) is 7.42. The third-order valence-electron chi connectivity index (χ3n) is 1.66. The minimum absolute atomic E-state index is 0.0974. The summed E-state index contributed by atoms with van der Waals surface area (Å²) in [5, 5.41) is 29.8. The van der Waals surface area contributed by atoms with Gasteiger partial charge in [0.15, 0.2) is 0 Å². The maximum atomic E-state index is 10.6. The second-order valence-corrected chi connectivity index (χ2v) is 3.57. The van der Waals surface area contributed by atoms with Gasteiger partial charge in [-0.25, -0.2) is 0 Å². The molecule has 0 aliphatic rings. The van der Waals surface area contributed by atoms with E-state index < -0.39 is 21.2 Å². The summed E-state index contributed by atoms with van der Waals surface area (Å²) >= 11 is 0. The monoisotopic (exact) mass is 259 g/mol. The van der Waals surface area contributed by atoms with Crippen LogP contribution in [-0.2, 0) is 0 Å². The van der Waals surface area contributed by atoms with Gasteiger partial charge in [0, 0.05) is 6.07 Å². The molecule has 1 aromatic rings. The van der Waals surface area contributed by atoms with Crippen LogP contribution in [0.2, 0.25) is 0 Å². The van der Waals surface area contributed by atoms with Crippen LogP contribution >= 0.6 is 21.7 Å². The first-order chi connectivity index (χ1) is 7.51. The lowest BCUT2D eigenvalue weighted by Gasteiger charge is -2.00. The Morgan fingerprint density at radius 1 is 1.31 bits per heavy atom. The molecule has 0 N–H and O–H groups in total. The molecule has 0 fully saturated rings. The van der Waals surface area contributed by atoms with E-state index in [9.17, 15) is 20.2 Å². The zero-order valence-corrected chi connectivity index (χ0v) is 8.99. The molecule has 16 heavy (non-hydrogen) atoms. The summed E-state index contributed by atoms with van der Waals surface area (Å²) < 4.78 is 0. The number of benzene rings is 1. The fraction of sp³-hybridized carbons (Fsp3) is 0. The first-order valence-corrected chi connectivity index (χ1v) is 5.31. The molecule has 1 aromatic carbocycles.